The van der Waals surface area contributed by atoms with E-state index in [1.54, 1.807) is 7.11 Å². The van der Waals surface area contributed by atoms with Crippen molar-refractivity contribution < 1.29 is 4.74 Å². The van der Waals surface area contributed by atoms with Gasteiger partial charge in [-0.05, 0) is 23.8 Å². The Balaban J connectivity index is 2.04. The number of nitrogens with two attached hydrogens (primary N) is 1. The van der Waals surface area contributed by atoms with E-state index in [0.717, 1.165) is 22.6 Å². The van der Waals surface area contributed by atoms with Crippen LogP contribution < -0.4 is 15.8 Å². The molecule has 96 valence electrons. The fourth-order valence-corrected chi connectivity index (χ4v) is 2.27. The molecular formula is C15H15N3O. The molecule has 1 aliphatic rings. The van der Waals surface area contributed by atoms with Gasteiger partial charge in [-0.3, -0.25) is 0 Å². The number of hydrogen-bond donors (Lipinski definition) is 2. The Morgan fingerprint density at radius 3 is 2.58 bits per heavy atom. The number of hydrogen-bond acceptors (Lipinski definition) is 4. The minimum Gasteiger partial charge on any atom is -0.497 e. The van der Waals surface area contributed by atoms with E-state index in [9.17, 15) is 0 Å². The third kappa shape index (κ3) is 2.12. The van der Waals surface area contributed by atoms with E-state index in [4.69, 9.17) is 10.5 Å². The normalized spacial score (nSPS) is 17.1. The summed E-state index contributed by atoms with van der Waals surface area (Å²) in [5, 5.41) is 3.09. The minimum absolute atomic E-state index is 0.0663. The summed E-state index contributed by atoms with van der Waals surface area (Å²) in [6.45, 7) is 0. The standard InChI is InChI=1S/C15H15N3O/c1-19-11-8-6-10(7-9-11)14-12-4-2-3-5-13(12)17-15(16)18-14/h2-9,14H,1H3,(H3,16,17,18). The highest BCUT2D eigenvalue weighted by Crippen LogP contribution is 2.34. The molecule has 3 N–H and O–H groups in total. The van der Waals surface area contributed by atoms with Gasteiger partial charge in [0.15, 0.2) is 5.96 Å². The van der Waals surface area contributed by atoms with Crippen molar-refractivity contribution >= 4 is 11.6 Å². The first-order valence-electron chi connectivity index (χ1n) is 6.11. The molecule has 0 saturated heterocycles. The lowest BCUT2D eigenvalue weighted by Gasteiger charge is -2.23. The number of benzene rings is 2. The molecule has 2 aromatic rings. The SMILES string of the molecule is COc1ccc(C2N=C(N)Nc3ccccc32)cc1. The second-order valence-electron chi connectivity index (χ2n) is 4.40. The van der Waals surface area contributed by atoms with Crippen LogP contribution in [0.25, 0.3) is 0 Å². The van der Waals surface area contributed by atoms with Crippen molar-refractivity contribution in [3.63, 3.8) is 0 Å². The number of anilines is 1. The zero-order valence-electron chi connectivity index (χ0n) is 10.6. The second kappa shape index (κ2) is 4.65. The monoisotopic (exact) mass is 253 g/mol. The molecule has 0 saturated carbocycles. The first kappa shape index (κ1) is 11.6. The summed E-state index contributed by atoms with van der Waals surface area (Å²) in [4.78, 5) is 4.49. The van der Waals surface area contributed by atoms with Gasteiger partial charge in [0.1, 0.15) is 11.8 Å². The van der Waals surface area contributed by atoms with Gasteiger partial charge >= 0.3 is 0 Å². The fourth-order valence-electron chi connectivity index (χ4n) is 2.27. The molecular weight excluding hydrogens is 238 g/mol. The summed E-state index contributed by atoms with van der Waals surface area (Å²) in [6.07, 6.45) is 0. The van der Waals surface area contributed by atoms with E-state index < -0.39 is 0 Å². The third-order valence-electron chi connectivity index (χ3n) is 3.22. The molecule has 1 aliphatic heterocycles. The zero-order valence-corrected chi connectivity index (χ0v) is 10.6. The number of guanidine groups is 1. The van der Waals surface area contributed by atoms with Crippen LogP contribution in [-0.4, -0.2) is 13.1 Å². The number of ether oxygens (including phenoxy) is 1. The van der Waals surface area contributed by atoms with Crippen LogP contribution in [0.1, 0.15) is 17.2 Å². The molecule has 3 rings (SSSR count). The predicted molar refractivity (Wildman–Crippen MR) is 76.5 cm³/mol. The van der Waals surface area contributed by atoms with Crippen molar-refractivity contribution in [3.8, 4) is 5.75 Å². The number of aliphatic imine (C=N–C) groups is 1. The summed E-state index contributed by atoms with van der Waals surface area (Å²) >= 11 is 0. The van der Waals surface area contributed by atoms with Gasteiger partial charge in [-0.15, -0.1) is 0 Å². The molecule has 0 fully saturated rings. The molecule has 1 heterocycles. The van der Waals surface area contributed by atoms with Gasteiger partial charge in [-0.1, -0.05) is 30.3 Å². The van der Waals surface area contributed by atoms with Crippen LogP contribution in [0.2, 0.25) is 0 Å². The lowest BCUT2D eigenvalue weighted by atomic mass is 9.96. The quantitative estimate of drug-likeness (QED) is 0.864. The largest absolute Gasteiger partial charge is 0.497 e. The molecule has 4 heteroatoms. The van der Waals surface area contributed by atoms with Gasteiger partial charge in [-0.2, -0.15) is 0 Å². The number of fused-ring (bicyclic) bond motifs is 1. The van der Waals surface area contributed by atoms with Crippen LogP contribution >= 0.6 is 0 Å². The van der Waals surface area contributed by atoms with Crippen molar-refractivity contribution in [3.05, 3.63) is 59.7 Å². The molecule has 0 aromatic heterocycles. The Bertz CT molecular complexity index is 620. The van der Waals surface area contributed by atoms with Crippen LogP contribution in [0.5, 0.6) is 5.75 Å². The average Bonchev–Trinajstić information content (AvgIpc) is 2.46. The Kier molecular flexibility index (Phi) is 2.83. The molecule has 2 aromatic carbocycles. The lowest BCUT2D eigenvalue weighted by Crippen LogP contribution is -2.28. The molecule has 0 amide bonds. The number of nitrogens with zero attached hydrogens (tertiary/aromatic N) is 1. The minimum atomic E-state index is -0.0663. The topological polar surface area (TPSA) is 59.6 Å². The molecule has 19 heavy (non-hydrogen) atoms. The predicted octanol–water partition coefficient (Wildman–Crippen LogP) is 2.52. The van der Waals surface area contributed by atoms with Crippen LogP contribution in [0.4, 0.5) is 5.69 Å². The number of rotatable bonds is 2. The second-order valence-corrected chi connectivity index (χ2v) is 4.40. The van der Waals surface area contributed by atoms with Crippen molar-refractivity contribution in [2.75, 3.05) is 12.4 Å². The van der Waals surface area contributed by atoms with Crippen LogP contribution in [0, 0.1) is 0 Å². The van der Waals surface area contributed by atoms with Gasteiger partial charge in [0.25, 0.3) is 0 Å². The third-order valence-corrected chi connectivity index (χ3v) is 3.22. The highest BCUT2D eigenvalue weighted by Gasteiger charge is 2.21. The van der Waals surface area contributed by atoms with E-state index in [1.807, 2.05) is 42.5 Å². The van der Waals surface area contributed by atoms with Crippen molar-refractivity contribution in [1.82, 2.24) is 0 Å². The molecule has 0 radical (unpaired) electrons. The van der Waals surface area contributed by atoms with Crippen LogP contribution in [-0.2, 0) is 0 Å². The Morgan fingerprint density at radius 2 is 1.84 bits per heavy atom. The van der Waals surface area contributed by atoms with Crippen LogP contribution in [0.15, 0.2) is 53.5 Å². The molecule has 4 nitrogen and oxygen atoms in total. The Morgan fingerprint density at radius 1 is 1.11 bits per heavy atom. The van der Waals surface area contributed by atoms with E-state index in [0.29, 0.717) is 5.96 Å². The van der Waals surface area contributed by atoms with Crippen molar-refractivity contribution in [2.24, 2.45) is 10.7 Å². The maximum absolute atomic E-state index is 5.85. The van der Waals surface area contributed by atoms with Gasteiger partial charge in [0.2, 0.25) is 0 Å². The molecule has 0 bridgehead atoms. The van der Waals surface area contributed by atoms with Gasteiger partial charge in [0, 0.05) is 11.3 Å². The smallest absolute Gasteiger partial charge is 0.194 e. The van der Waals surface area contributed by atoms with Gasteiger partial charge in [-0.25, -0.2) is 4.99 Å². The highest BCUT2D eigenvalue weighted by atomic mass is 16.5. The van der Waals surface area contributed by atoms with E-state index in [-0.39, 0.29) is 6.04 Å². The van der Waals surface area contributed by atoms with Crippen LogP contribution in [0.3, 0.4) is 0 Å². The van der Waals surface area contributed by atoms with E-state index in [1.165, 1.54) is 0 Å². The first-order valence-corrected chi connectivity index (χ1v) is 6.11. The number of methoxy groups -OCH3 is 1. The van der Waals surface area contributed by atoms with E-state index in [2.05, 4.69) is 16.4 Å². The molecule has 1 unspecified atom stereocenters. The molecule has 1 atom stereocenters. The molecule has 0 spiro atoms. The highest BCUT2D eigenvalue weighted by molar-refractivity contribution is 5.95. The van der Waals surface area contributed by atoms with Crippen molar-refractivity contribution in [2.45, 2.75) is 6.04 Å². The lowest BCUT2D eigenvalue weighted by molar-refractivity contribution is 0.414. The van der Waals surface area contributed by atoms with Crippen molar-refractivity contribution in [1.29, 1.82) is 0 Å². The summed E-state index contributed by atoms with van der Waals surface area (Å²) in [5.74, 6) is 1.28. The average molecular weight is 253 g/mol. The summed E-state index contributed by atoms with van der Waals surface area (Å²) in [6, 6.07) is 15.9. The summed E-state index contributed by atoms with van der Waals surface area (Å²) < 4.78 is 5.17. The maximum atomic E-state index is 5.85. The Labute approximate surface area is 111 Å². The summed E-state index contributed by atoms with van der Waals surface area (Å²) in [7, 11) is 1.66. The summed E-state index contributed by atoms with van der Waals surface area (Å²) in [5.41, 5.74) is 9.08. The number of para-hydroxylation sites is 1. The zero-order chi connectivity index (χ0) is 13.2. The van der Waals surface area contributed by atoms with Gasteiger partial charge < -0.3 is 15.8 Å². The van der Waals surface area contributed by atoms with Gasteiger partial charge in [0.05, 0.1) is 7.11 Å². The van der Waals surface area contributed by atoms with E-state index >= 15 is 0 Å². The first-order chi connectivity index (χ1) is 9.28. The fraction of sp³-hybridized carbons (Fsp3) is 0.133. The Hall–Kier alpha value is -2.49. The maximum Gasteiger partial charge on any atom is 0.194 e. The number of nitrogens with one attached hydrogen (secondary N) is 1. The molecule has 0 aliphatic carbocycles.